The molecule has 0 saturated carbocycles. The molecule has 0 saturated heterocycles. The SMILES string of the molecule is C[Si](C)(C)CCOCn1c(C=O)nc2c1-c1cc(Cl)ccc1Oc1ccccc1-2. The van der Waals surface area contributed by atoms with Crippen LogP contribution < -0.4 is 4.74 Å². The first-order chi connectivity index (χ1) is 13.9. The summed E-state index contributed by atoms with van der Waals surface area (Å²) in [6.07, 6.45) is 0.768. The molecule has 0 N–H and O–H groups in total. The van der Waals surface area contributed by atoms with Gasteiger partial charge in [-0.2, -0.15) is 0 Å². The van der Waals surface area contributed by atoms with Crippen LogP contribution in [0.1, 0.15) is 10.6 Å². The lowest BCUT2D eigenvalue weighted by Crippen LogP contribution is -2.22. The summed E-state index contributed by atoms with van der Waals surface area (Å²) < 4.78 is 13.9. The van der Waals surface area contributed by atoms with Crippen LogP contribution in [0.25, 0.3) is 22.5 Å². The van der Waals surface area contributed by atoms with E-state index in [4.69, 9.17) is 21.1 Å². The summed E-state index contributed by atoms with van der Waals surface area (Å²) in [4.78, 5) is 16.5. The normalized spacial score (nSPS) is 12.4. The van der Waals surface area contributed by atoms with Crippen LogP contribution in [0.4, 0.5) is 0 Å². The van der Waals surface area contributed by atoms with Gasteiger partial charge in [-0.05, 0) is 36.4 Å². The van der Waals surface area contributed by atoms with Crippen LogP contribution in [0.15, 0.2) is 42.5 Å². The summed E-state index contributed by atoms with van der Waals surface area (Å²) in [7, 11) is -1.21. The first kappa shape index (κ1) is 19.9. The molecule has 150 valence electrons. The highest BCUT2D eigenvalue weighted by Crippen LogP contribution is 2.47. The van der Waals surface area contributed by atoms with Crippen LogP contribution >= 0.6 is 11.6 Å². The third-order valence-electron chi connectivity index (χ3n) is 4.88. The highest BCUT2D eigenvalue weighted by molar-refractivity contribution is 6.76. The van der Waals surface area contributed by atoms with Gasteiger partial charge < -0.3 is 9.47 Å². The molecule has 0 amide bonds. The zero-order valence-electron chi connectivity index (χ0n) is 16.7. The molecule has 1 aliphatic heterocycles. The molecule has 2 aromatic carbocycles. The summed E-state index contributed by atoms with van der Waals surface area (Å²) >= 11 is 6.30. The lowest BCUT2D eigenvalue weighted by molar-refractivity contribution is 0.0841. The third-order valence-corrected chi connectivity index (χ3v) is 6.82. The molecule has 3 aromatic rings. The number of fused-ring (bicyclic) bond motifs is 5. The zero-order chi connectivity index (χ0) is 20.6. The third kappa shape index (κ3) is 4.01. The van der Waals surface area contributed by atoms with Crippen molar-refractivity contribution in [1.29, 1.82) is 0 Å². The molecule has 1 aromatic heterocycles. The van der Waals surface area contributed by atoms with Gasteiger partial charge in [-0.1, -0.05) is 43.4 Å². The van der Waals surface area contributed by atoms with Crippen LogP contribution in [-0.2, 0) is 11.5 Å². The molecule has 4 rings (SSSR count). The Hall–Kier alpha value is -2.41. The van der Waals surface area contributed by atoms with Crippen LogP contribution in [0.3, 0.4) is 0 Å². The van der Waals surface area contributed by atoms with Gasteiger partial charge in [-0.15, -0.1) is 0 Å². The Kier molecular flexibility index (Phi) is 5.33. The minimum Gasteiger partial charge on any atom is -0.456 e. The van der Waals surface area contributed by atoms with Crippen molar-refractivity contribution in [2.75, 3.05) is 6.61 Å². The number of ether oxygens (including phenoxy) is 2. The van der Waals surface area contributed by atoms with E-state index in [0.717, 1.165) is 29.2 Å². The molecule has 0 radical (unpaired) electrons. The van der Waals surface area contributed by atoms with E-state index in [2.05, 4.69) is 24.6 Å². The van der Waals surface area contributed by atoms with Gasteiger partial charge >= 0.3 is 0 Å². The molecule has 0 bridgehead atoms. The van der Waals surface area contributed by atoms with Crippen LogP contribution in [-0.4, -0.2) is 30.5 Å². The van der Waals surface area contributed by atoms with Gasteiger partial charge in [0.05, 0.1) is 5.69 Å². The number of hydrogen-bond acceptors (Lipinski definition) is 4. The molecule has 7 heteroatoms. The molecule has 0 atom stereocenters. The Labute approximate surface area is 176 Å². The van der Waals surface area contributed by atoms with Crippen LogP contribution in [0, 0.1) is 0 Å². The average Bonchev–Trinajstić information content (AvgIpc) is 2.98. The molecular weight excluding hydrogens is 404 g/mol. The molecule has 0 spiro atoms. The topological polar surface area (TPSA) is 53.4 Å². The smallest absolute Gasteiger partial charge is 0.185 e. The van der Waals surface area contributed by atoms with E-state index in [1.165, 1.54) is 0 Å². The van der Waals surface area contributed by atoms with Crippen LogP contribution in [0.5, 0.6) is 11.5 Å². The largest absolute Gasteiger partial charge is 0.456 e. The Morgan fingerprint density at radius 3 is 2.66 bits per heavy atom. The number of rotatable bonds is 6. The van der Waals surface area contributed by atoms with Gasteiger partial charge in [-0.25, -0.2) is 4.98 Å². The van der Waals surface area contributed by atoms with Crippen molar-refractivity contribution in [3.05, 3.63) is 53.3 Å². The first-order valence-corrected chi connectivity index (χ1v) is 13.7. The summed E-state index contributed by atoms with van der Waals surface area (Å²) in [6.45, 7) is 7.82. The van der Waals surface area contributed by atoms with Crippen molar-refractivity contribution in [3.8, 4) is 34.0 Å². The molecular formula is C22H23ClN2O3Si. The number of benzene rings is 2. The number of aldehydes is 1. The fourth-order valence-electron chi connectivity index (χ4n) is 3.33. The van der Waals surface area contributed by atoms with E-state index in [1.54, 1.807) is 6.07 Å². The molecule has 0 fully saturated rings. The molecule has 29 heavy (non-hydrogen) atoms. The Morgan fingerprint density at radius 1 is 1.14 bits per heavy atom. The Bertz CT molecular complexity index is 1070. The van der Waals surface area contributed by atoms with Crippen molar-refractivity contribution in [1.82, 2.24) is 9.55 Å². The molecule has 2 heterocycles. The van der Waals surface area contributed by atoms with E-state index in [-0.39, 0.29) is 6.73 Å². The van der Waals surface area contributed by atoms with Crippen molar-refractivity contribution in [2.45, 2.75) is 32.4 Å². The summed E-state index contributed by atoms with van der Waals surface area (Å²) in [5.74, 6) is 1.68. The number of imidazole rings is 1. The highest BCUT2D eigenvalue weighted by Gasteiger charge is 2.28. The molecule has 5 nitrogen and oxygen atoms in total. The van der Waals surface area contributed by atoms with Gasteiger partial charge in [0.1, 0.15) is 23.9 Å². The maximum absolute atomic E-state index is 11.8. The summed E-state index contributed by atoms with van der Waals surface area (Å²) in [6, 6.07) is 14.2. The number of hydrogen-bond donors (Lipinski definition) is 0. The second kappa shape index (κ2) is 7.78. The number of carbonyl (C=O) groups excluding carboxylic acids is 1. The quantitative estimate of drug-likeness (QED) is 0.212. The minimum absolute atomic E-state index is 0.245. The maximum atomic E-state index is 11.8. The predicted octanol–water partition coefficient (Wildman–Crippen LogP) is 6.10. The van der Waals surface area contributed by atoms with Gasteiger partial charge in [0.25, 0.3) is 0 Å². The number of aromatic nitrogens is 2. The van der Waals surface area contributed by atoms with E-state index >= 15 is 0 Å². The maximum Gasteiger partial charge on any atom is 0.185 e. The van der Waals surface area contributed by atoms with Gasteiger partial charge in [0, 0.05) is 30.8 Å². The fraction of sp³-hybridized carbons (Fsp3) is 0.273. The van der Waals surface area contributed by atoms with E-state index in [0.29, 0.717) is 34.6 Å². The zero-order valence-corrected chi connectivity index (χ0v) is 18.5. The van der Waals surface area contributed by atoms with Gasteiger partial charge in [0.15, 0.2) is 12.1 Å². The minimum atomic E-state index is -1.21. The lowest BCUT2D eigenvalue weighted by Gasteiger charge is -2.17. The molecule has 1 aliphatic rings. The fourth-order valence-corrected chi connectivity index (χ4v) is 4.26. The highest BCUT2D eigenvalue weighted by atomic mass is 35.5. The second-order valence-electron chi connectivity index (χ2n) is 8.30. The van der Waals surface area contributed by atoms with Gasteiger partial charge in [-0.3, -0.25) is 9.36 Å². The van der Waals surface area contributed by atoms with E-state index in [9.17, 15) is 4.79 Å². The number of para-hydroxylation sites is 1. The second-order valence-corrected chi connectivity index (χ2v) is 14.4. The summed E-state index contributed by atoms with van der Waals surface area (Å²) in [5, 5.41) is 0.587. The van der Waals surface area contributed by atoms with Crippen molar-refractivity contribution >= 4 is 26.0 Å². The Balaban J connectivity index is 1.84. The van der Waals surface area contributed by atoms with Crippen molar-refractivity contribution in [3.63, 3.8) is 0 Å². The molecule has 0 unspecified atom stereocenters. The predicted molar refractivity (Wildman–Crippen MR) is 118 cm³/mol. The van der Waals surface area contributed by atoms with Crippen molar-refractivity contribution in [2.24, 2.45) is 0 Å². The number of nitrogens with zero attached hydrogens (tertiary/aromatic N) is 2. The molecule has 0 aliphatic carbocycles. The van der Waals surface area contributed by atoms with Crippen LogP contribution in [0.2, 0.25) is 30.7 Å². The summed E-state index contributed by atoms with van der Waals surface area (Å²) in [5.41, 5.74) is 3.09. The Morgan fingerprint density at radius 2 is 1.90 bits per heavy atom. The van der Waals surface area contributed by atoms with Gasteiger partial charge in [0.2, 0.25) is 0 Å². The monoisotopic (exact) mass is 426 g/mol. The number of halogens is 1. The first-order valence-electron chi connectivity index (χ1n) is 9.58. The van der Waals surface area contributed by atoms with Crippen molar-refractivity contribution < 1.29 is 14.3 Å². The number of carbonyl (C=O) groups is 1. The average molecular weight is 427 g/mol. The lowest BCUT2D eigenvalue weighted by atomic mass is 10.0. The van der Waals surface area contributed by atoms with E-state index < -0.39 is 8.07 Å². The standard InChI is InChI=1S/C22H23ClN2O3Si/c1-29(2,3)11-10-27-14-25-20(13-26)24-21-16-6-4-5-7-18(16)28-19-9-8-15(23)12-17(19)22(21)25/h4-9,12-13H,10-11,14H2,1-3H3. The van der Waals surface area contributed by atoms with E-state index in [1.807, 2.05) is 41.0 Å².